The van der Waals surface area contributed by atoms with Crippen molar-refractivity contribution in [3.8, 4) is 0 Å². The lowest BCUT2D eigenvalue weighted by atomic mass is 9.87. The zero-order valence-electron chi connectivity index (χ0n) is 11.8. The summed E-state index contributed by atoms with van der Waals surface area (Å²) in [6.07, 6.45) is 1.52. The molecule has 3 nitrogen and oxygen atoms in total. The smallest absolute Gasteiger partial charge is 0.291 e. The van der Waals surface area contributed by atoms with E-state index in [4.69, 9.17) is 4.42 Å². The van der Waals surface area contributed by atoms with Gasteiger partial charge in [0.1, 0.15) is 0 Å². The quantitative estimate of drug-likeness (QED) is 0.878. The summed E-state index contributed by atoms with van der Waals surface area (Å²) in [5, 5.41) is 2.83. The number of carbonyl (C=O) groups excluding carboxylic acids is 1. The van der Waals surface area contributed by atoms with E-state index in [1.165, 1.54) is 11.8 Å². The Hall–Kier alpha value is -2.03. The second kappa shape index (κ2) is 4.92. The normalized spacial score (nSPS) is 11.4. The Morgan fingerprint density at radius 1 is 1.11 bits per heavy atom. The highest BCUT2D eigenvalue weighted by Gasteiger charge is 2.15. The summed E-state index contributed by atoms with van der Waals surface area (Å²) in [6.45, 7) is 8.33. The number of rotatable bonds is 2. The molecule has 3 heteroatoms. The summed E-state index contributed by atoms with van der Waals surface area (Å²) in [7, 11) is 0. The maximum atomic E-state index is 12.0. The molecule has 0 atom stereocenters. The molecule has 1 aromatic carbocycles. The molecular formula is C16H19NO2. The molecule has 1 aromatic heterocycles. The molecule has 0 saturated carbocycles. The molecule has 0 saturated heterocycles. The van der Waals surface area contributed by atoms with Crippen molar-refractivity contribution in [1.29, 1.82) is 0 Å². The Morgan fingerprint density at radius 2 is 1.74 bits per heavy atom. The highest BCUT2D eigenvalue weighted by Crippen LogP contribution is 2.23. The number of benzene rings is 1. The average molecular weight is 257 g/mol. The van der Waals surface area contributed by atoms with Crippen molar-refractivity contribution in [2.75, 3.05) is 5.32 Å². The highest BCUT2D eigenvalue weighted by atomic mass is 16.3. The van der Waals surface area contributed by atoms with Gasteiger partial charge < -0.3 is 9.73 Å². The Kier molecular flexibility index (Phi) is 3.47. The van der Waals surface area contributed by atoms with Crippen LogP contribution in [0.3, 0.4) is 0 Å². The van der Waals surface area contributed by atoms with Crippen LogP contribution >= 0.6 is 0 Å². The lowest BCUT2D eigenvalue weighted by molar-refractivity contribution is 0.0996. The van der Waals surface area contributed by atoms with E-state index in [0.717, 1.165) is 11.3 Å². The van der Waals surface area contributed by atoms with E-state index >= 15 is 0 Å². The molecular weight excluding hydrogens is 238 g/mol. The van der Waals surface area contributed by atoms with Gasteiger partial charge in [0, 0.05) is 11.3 Å². The third kappa shape index (κ3) is 3.05. The number of carbonyl (C=O) groups is 1. The number of furan rings is 1. The zero-order valence-corrected chi connectivity index (χ0v) is 11.8. The largest absolute Gasteiger partial charge is 0.459 e. The van der Waals surface area contributed by atoms with E-state index < -0.39 is 0 Å². The first kappa shape index (κ1) is 13.4. The molecule has 2 aromatic rings. The minimum atomic E-state index is -0.217. The molecule has 1 amide bonds. The van der Waals surface area contributed by atoms with Crippen LogP contribution in [0.15, 0.2) is 41.0 Å². The Labute approximate surface area is 113 Å². The van der Waals surface area contributed by atoms with E-state index in [9.17, 15) is 4.79 Å². The standard InChI is InChI=1S/C16H19NO2/c1-11-9-10-19-14(11)15(18)17-13-7-5-12(6-8-13)16(2,3)4/h5-10H,1-4H3,(H,17,18). The van der Waals surface area contributed by atoms with E-state index in [0.29, 0.717) is 5.76 Å². The first-order valence-electron chi connectivity index (χ1n) is 6.34. The summed E-state index contributed by atoms with van der Waals surface area (Å²) < 4.78 is 5.16. The maximum absolute atomic E-state index is 12.0. The van der Waals surface area contributed by atoms with Crippen LogP contribution in [-0.4, -0.2) is 5.91 Å². The second-order valence-electron chi connectivity index (χ2n) is 5.71. The van der Waals surface area contributed by atoms with Gasteiger partial charge in [-0.25, -0.2) is 0 Å². The van der Waals surface area contributed by atoms with Crippen molar-refractivity contribution in [3.05, 3.63) is 53.5 Å². The van der Waals surface area contributed by atoms with Crippen molar-refractivity contribution in [1.82, 2.24) is 0 Å². The van der Waals surface area contributed by atoms with E-state index in [2.05, 4.69) is 26.1 Å². The number of aryl methyl sites for hydroxylation is 1. The highest BCUT2D eigenvalue weighted by molar-refractivity contribution is 6.03. The van der Waals surface area contributed by atoms with Crippen molar-refractivity contribution in [2.45, 2.75) is 33.1 Å². The van der Waals surface area contributed by atoms with Crippen LogP contribution in [0.25, 0.3) is 0 Å². The molecule has 0 bridgehead atoms. The van der Waals surface area contributed by atoms with Gasteiger partial charge in [0.2, 0.25) is 0 Å². The van der Waals surface area contributed by atoms with E-state index in [-0.39, 0.29) is 11.3 Å². The molecule has 0 aliphatic heterocycles. The van der Waals surface area contributed by atoms with Crippen molar-refractivity contribution in [2.24, 2.45) is 0 Å². The predicted octanol–water partition coefficient (Wildman–Crippen LogP) is 4.14. The second-order valence-corrected chi connectivity index (χ2v) is 5.71. The number of hydrogen-bond donors (Lipinski definition) is 1. The Bertz CT molecular complexity index is 574. The number of amides is 1. The molecule has 1 heterocycles. The van der Waals surface area contributed by atoms with Crippen molar-refractivity contribution >= 4 is 11.6 Å². The van der Waals surface area contributed by atoms with Gasteiger partial charge in [0.15, 0.2) is 5.76 Å². The summed E-state index contributed by atoms with van der Waals surface area (Å²) in [5.41, 5.74) is 2.96. The van der Waals surface area contributed by atoms with Gasteiger partial charge in [0.05, 0.1) is 6.26 Å². The predicted molar refractivity (Wildman–Crippen MR) is 76.5 cm³/mol. The summed E-state index contributed by atoms with van der Waals surface area (Å²) in [5.74, 6) is 0.144. The summed E-state index contributed by atoms with van der Waals surface area (Å²) in [6, 6.07) is 9.67. The van der Waals surface area contributed by atoms with Crippen LogP contribution < -0.4 is 5.32 Å². The molecule has 0 fully saturated rings. The van der Waals surface area contributed by atoms with Crippen LogP contribution in [0.4, 0.5) is 5.69 Å². The van der Waals surface area contributed by atoms with Gasteiger partial charge >= 0.3 is 0 Å². The lowest BCUT2D eigenvalue weighted by Gasteiger charge is -2.19. The van der Waals surface area contributed by atoms with Crippen molar-refractivity contribution in [3.63, 3.8) is 0 Å². The third-order valence-electron chi connectivity index (χ3n) is 3.08. The molecule has 0 radical (unpaired) electrons. The van der Waals surface area contributed by atoms with Crippen LogP contribution in [0.1, 0.15) is 42.5 Å². The number of nitrogens with one attached hydrogen (secondary N) is 1. The van der Waals surface area contributed by atoms with Gasteiger partial charge in [-0.15, -0.1) is 0 Å². The molecule has 0 unspecified atom stereocenters. The Morgan fingerprint density at radius 3 is 2.21 bits per heavy atom. The first-order chi connectivity index (χ1) is 8.88. The molecule has 1 N–H and O–H groups in total. The fourth-order valence-corrected chi connectivity index (χ4v) is 1.85. The fourth-order valence-electron chi connectivity index (χ4n) is 1.85. The molecule has 0 aliphatic carbocycles. The summed E-state index contributed by atoms with van der Waals surface area (Å²) in [4.78, 5) is 12.0. The fraction of sp³-hybridized carbons (Fsp3) is 0.312. The van der Waals surface area contributed by atoms with E-state index in [1.54, 1.807) is 6.07 Å². The zero-order chi connectivity index (χ0) is 14.0. The molecule has 100 valence electrons. The van der Waals surface area contributed by atoms with E-state index in [1.807, 2.05) is 31.2 Å². The van der Waals surface area contributed by atoms with Crippen LogP contribution in [0.2, 0.25) is 0 Å². The van der Waals surface area contributed by atoms with Crippen molar-refractivity contribution < 1.29 is 9.21 Å². The van der Waals surface area contributed by atoms with Gasteiger partial charge in [0.25, 0.3) is 5.91 Å². The van der Waals surface area contributed by atoms with Crippen LogP contribution in [-0.2, 0) is 5.41 Å². The van der Waals surface area contributed by atoms with Gasteiger partial charge in [-0.3, -0.25) is 4.79 Å². The molecule has 0 aliphatic rings. The summed E-state index contributed by atoms with van der Waals surface area (Å²) >= 11 is 0. The van der Waals surface area contributed by atoms with Gasteiger partial charge in [-0.2, -0.15) is 0 Å². The first-order valence-corrected chi connectivity index (χ1v) is 6.34. The number of hydrogen-bond acceptors (Lipinski definition) is 2. The minimum absolute atomic E-state index is 0.111. The van der Waals surface area contributed by atoms with Gasteiger partial charge in [-0.1, -0.05) is 32.9 Å². The Balaban J connectivity index is 2.12. The number of anilines is 1. The topological polar surface area (TPSA) is 42.2 Å². The monoisotopic (exact) mass is 257 g/mol. The lowest BCUT2D eigenvalue weighted by Crippen LogP contribution is -2.13. The molecule has 0 spiro atoms. The third-order valence-corrected chi connectivity index (χ3v) is 3.08. The van der Waals surface area contributed by atoms with Gasteiger partial charge in [-0.05, 0) is 36.1 Å². The molecule has 19 heavy (non-hydrogen) atoms. The maximum Gasteiger partial charge on any atom is 0.291 e. The minimum Gasteiger partial charge on any atom is -0.459 e. The molecule has 2 rings (SSSR count). The van der Waals surface area contributed by atoms with Crippen LogP contribution in [0.5, 0.6) is 0 Å². The SMILES string of the molecule is Cc1ccoc1C(=O)Nc1ccc(C(C)(C)C)cc1. The van der Waals surface area contributed by atoms with Crippen LogP contribution in [0, 0.1) is 6.92 Å². The average Bonchev–Trinajstić information content (AvgIpc) is 2.75.